The van der Waals surface area contributed by atoms with Gasteiger partial charge < -0.3 is 5.32 Å². The molecule has 1 amide bonds. The van der Waals surface area contributed by atoms with Crippen molar-refractivity contribution in [3.8, 4) is 0 Å². The number of nitrogens with zero attached hydrogens (tertiary/aromatic N) is 1. The summed E-state index contributed by atoms with van der Waals surface area (Å²) in [6.45, 7) is 1.88. The van der Waals surface area contributed by atoms with Gasteiger partial charge in [-0.2, -0.15) is 0 Å². The first-order valence-electron chi connectivity index (χ1n) is 7.61. The maximum atomic E-state index is 12.6. The number of para-hydroxylation sites is 1. The summed E-state index contributed by atoms with van der Waals surface area (Å²) >= 11 is 0. The Hall–Kier alpha value is -2.99. The van der Waals surface area contributed by atoms with Crippen LogP contribution in [0.15, 0.2) is 82.8 Å². The second kappa shape index (κ2) is 6.86. The molecule has 1 aromatic heterocycles. The van der Waals surface area contributed by atoms with Gasteiger partial charge in [0.05, 0.1) is 10.5 Å². The molecule has 0 unspecified atom stereocenters. The second-order valence-corrected chi connectivity index (χ2v) is 7.42. The third-order valence-electron chi connectivity index (χ3n) is 3.64. The highest BCUT2D eigenvalue weighted by Gasteiger charge is 2.19. The van der Waals surface area contributed by atoms with Crippen LogP contribution < -0.4 is 5.32 Å². The maximum absolute atomic E-state index is 12.6. The first-order valence-corrected chi connectivity index (χ1v) is 9.09. The lowest BCUT2D eigenvalue weighted by Crippen LogP contribution is -2.13. The number of hydrogen-bond acceptors (Lipinski definition) is 4. The second-order valence-electron chi connectivity index (χ2n) is 5.52. The number of carbonyl (C=O) groups is 1. The van der Waals surface area contributed by atoms with E-state index in [4.69, 9.17) is 0 Å². The van der Waals surface area contributed by atoms with Crippen LogP contribution in [0.3, 0.4) is 0 Å². The van der Waals surface area contributed by atoms with E-state index in [-0.39, 0.29) is 21.4 Å². The fourth-order valence-electron chi connectivity index (χ4n) is 2.24. The minimum atomic E-state index is -3.70. The van der Waals surface area contributed by atoms with Gasteiger partial charge in [0, 0.05) is 11.9 Å². The van der Waals surface area contributed by atoms with Gasteiger partial charge in [0.2, 0.25) is 9.84 Å². The zero-order valence-electron chi connectivity index (χ0n) is 13.5. The number of anilines is 1. The van der Waals surface area contributed by atoms with Crippen molar-refractivity contribution in [2.75, 3.05) is 5.32 Å². The SMILES string of the molecule is Cc1ccc(S(=O)(=O)c2ccc(C(=O)Nc3ccccc3)cn2)cc1. The Morgan fingerprint density at radius 3 is 2.20 bits per heavy atom. The number of aromatic nitrogens is 1. The molecule has 3 aromatic rings. The van der Waals surface area contributed by atoms with Crippen molar-refractivity contribution in [2.24, 2.45) is 0 Å². The van der Waals surface area contributed by atoms with Crippen LogP contribution >= 0.6 is 0 Å². The van der Waals surface area contributed by atoms with Gasteiger partial charge in [-0.05, 0) is 43.3 Å². The molecule has 0 spiro atoms. The normalized spacial score (nSPS) is 11.1. The molecule has 0 radical (unpaired) electrons. The fourth-order valence-corrected chi connectivity index (χ4v) is 3.41. The van der Waals surface area contributed by atoms with Crippen LogP contribution in [0.25, 0.3) is 0 Å². The fraction of sp³-hybridized carbons (Fsp3) is 0.0526. The van der Waals surface area contributed by atoms with Crippen molar-refractivity contribution in [1.29, 1.82) is 0 Å². The Labute approximate surface area is 146 Å². The zero-order chi connectivity index (χ0) is 17.9. The smallest absolute Gasteiger partial charge is 0.257 e. The van der Waals surface area contributed by atoms with Gasteiger partial charge in [0.1, 0.15) is 0 Å². The quantitative estimate of drug-likeness (QED) is 0.780. The number of amides is 1. The van der Waals surface area contributed by atoms with Crippen LogP contribution in [0.1, 0.15) is 15.9 Å². The molecule has 1 N–H and O–H groups in total. The summed E-state index contributed by atoms with van der Waals surface area (Å²) in [6.07, 6.45) is 1.26. The molecule has 0 fully saturated rings. The highest BCUT2D eigenvalue weighted by atomic mass is 32.2. The summed E-state index contributed by atoms with van der Waals surface area (Å²) in [5.41, 5.74) is 1.91. The molecule has 126 valence electrons. The summed E-state index contributed by atoms with van der Waals surface area (Å²) in [4.78, 5) is 16.3. The lowest BCUT2D eigenvalue weighted by molar-refractivity contribution is 0.102. The van der Waals surface area contributed by atoms with Crippen molar-refractivity contribution >= 4 is 21.4 Å². The Morgan fingerprint density at radius 1 is 0.920 bits per heavy atom. The number of nitrogens with one attached hydrogen (secondary N) is 1. The average molecular weight is 352 g/mol. The lowest BCUT2D eigenvalue weighted by Gasteiger charge is -2.07. The summed E-state index contributed by atoms with van der Waals surface area (Å²) in [6, 6.07) is 18.3. The Bertz CT molecular complexity index is 981. The first kappa shape index (κ1) is 16.9. The van der Waals surface area contributed by atoms with Crippen LogP contribution in [-0.2, 0) is 9.84 Å². The van der Waals surface area contributed by atoms with Gasteiger partial charge in [-0.3, -0.25) is 4.79 Å². The molecule has 0 bridgehead atoms. The van der Waals surface area contributed by atoms with Crippen LogP contribution in [0, 0.1) is 6.92 Å². The Kier molecular flexibility index (Phi) is 4.63. The number of rotatable bonds is 4. The van der Waals surface area contributed by atoms with Crippen molar-refractivity contribution in [1.82, 2.24) is 4.98 Å². The topological polar surface area (TPSA) is 76.1 Å². The third-order valence-corrected chi connectivity index (χ3v) is 5.32. The van der Waals surface area contributed by atoms with Gasteiger partial charge in [-0.25, -0.2) is 13.4 Å². The van der Waals surface area contributed by atoms with E-state index in [1.165, 1.54) is 18.3 Å². The number of benzene rings is 2. The average Bonchev–Trinajstić information content (AvgIpc) is 2.63. The van der Waals surface area contributed by atoms with Gasteiger partial charge in [0.15, 0.2) is 5.03 Å². The molecule has 0 aliphatic rings. The molecule has 0 saturated carbocycles. The van der Waals surface area contributed by atoms with Crippen molar-refractivity contribution in [2.45, 2.75) is 16.8 Å². The minimum absolute atomic E-state index is 0.0902. The standard InChI is InChI=1S/C19H16N2O3S/c1-14-7-10-17(11-8-14)25(23,24)18-12-9-15(13-20-18)19(22)21-16-5-3-2-4-6-16/h2-13H,1H3,(H,21,22). The predicted octanol–water partition coefficient (Wildman–Crippen LogP) is 3.48. The van der Waals surface area contributed by atoms with E-state index in [2.05, 4.69) is 10.3 Å². The van der Waals surface area contributed by atoms with Crippen molar-refractivity contribution in [3.05, 3.63) is 84.1 Å². The van der Waals surface area contributed by atoms with Gasteiger partial charge in [-0.1, -0.05) is 35.9 Å². The molecule has 0 saturated heterocycles. The van der Waals surface area contributed by atoms with E-state index in [9.17, 15) is 13.2 Å². The highest BCUT2D eigenvalue weighted by Crippen LogP contribution is 2.19. The van der Waals surface area contributed by atoms with Crippen LogP contribution in [0.2, 0.25) is 0 Å². The highest BCUT2D eigenvalue weighted by molar-refractivity contribution is 7.91. The molecule has 0 aliphatic carbocycles. The summed E-state index contributed by atoms with van der Waals surface area (Å²) in [7, 11) is -3.70. The van der Waals surface area contributed by atoms with Crippen molar-refractivity contribution in [3.63, 3.8) is 0 Å². The minimum Gasteiger partial charge on any atom is -0.322 e. The van der Waals surface area contributed by atoms with E-state index in [0.29, 0.717) is 5.69 Å². The molecular formula is C19H16N2O3S. The van der Waals surface area contributed by atoms with Gasteiger partial charge >= 0.3 is 0 Å². The van der Waals surface area contributed by atoms with Gasteiger partial charge in [-0.15, -0.1) is 0 Å². The van der Waals surface area contributed by atoms with E-state index in [1.54, 1.807) is 36.4 Å². The first-order chi connectivity index (χ1) is 12.0. The molecule has 6 heteroatoms. The van der Waals surface area contributed by atoms with E-state index < -0.39 is 9.84 Å². The summed E-state index contributed by atoms with van der Waals surface area (Å²) in [5, 5.41) is 2.64. The molecule has 2 aromatic carbocycles. The van der Waals surface area contributed by atoms with Gasteiger partial charge in [0.25, 0.3) is 5.91 Å². The third kappa shape index (κ3) is 3.75. The molecular weight excluding hydrogens is 336 g/mol. The number of hydrogen-bond donors (Lipinski definition) is 1. The lowest BCUT2D eigenvalue weighted by atomic mass is 10.2. The summed E-state index contributed by atoms with van der Waals surface area (Å²) in [5.74, 6) is -0.349. The number of sulfone groups is 1. The molecule has 0 atom stereocenters. The number of aryl methyl sites for hydroxylation is 1. The summed E-state index contributed by atoms with van der Waals surface area (Å²) < 4.78 is 25.1. The predicted molar refractivity (Wildman–Crippen MR) is 95.3 cm³/mol. The molecule has 5 nitrogen and oxygen atoms in total. The van der Waals surface area contributed by atoms with E-state index in [0.717, 1.165) is 5.56 Å². The van der Waals surface area contributed by atoms with E-state index >= 15 is 0 Å². The van der Waals surface area contributed by atoms with Crippen LogP contribution in [0.5, 0.6) is 0 Å². The van der Waals surface area contributed by atoms with Crippen LogP contribution in [0.4, 0.5) is 5.69 Å². The molecule has 25 heavy (non-hydrogen) atoms. The zero-order valence-corrected chi connectivity index (χ0v) is 14.3. The van der Waals surface area contributed by atoms with E-state index in [1.807, 2.05) is 25.1 Å². The molecule has 0 aliphatic heterocycles. The Balaban J connectivity index is 1.82. The molecule has 1 heterocycles. The molecule has 3 rings (SSSR count). The maximum Gasteiger partial charge on any atom is 0.257 e. The monoisotopic (exact) mass is 352 g/mol. The van der Waals surface area contributed by atoms with Crippen molar-refractivity contribution < 1.29 is 13.2 Å². The largest absolute Gasteiger partial charge is 0.322 e. The number of pyridine rings is 1. The van der Waals surface area contributed by atoms with Crippen LogP contribution in [-0.4, -0.2) is 19.3 Å². The Morgan fingerprint density at radius 2 is 1.60 bits per heavy atom. The number of carbonyl (C=O) groups excluding carboxylic acids is 1.